The third-order valence-electron chi connectivity index (χ3n) is 3.21. The molecule has 22 heavy (non-hydrogen) atoms. The Morgan fingerprint density at radius 2 is 2.18 bits per heavy atom. The molecule has 8 nitrogen and oxygen atoms in total. The lowest BCUT2D eigenvalue weighted by Gasteiger charge is -2.13. The minimum absolute atomic E-state index is 0.0877. The quantitative estimate of drug-likeness (QED) is 0.646. The average molecular weight is 323 g/mol. The summed E-state index contributed by atoms with van der Waals surface area (Å²) in [5.41, 5.74) is 0.338. The van der Waals surface area contributed by atoms with Gasteiger partial charge in [0.05, 0.1) is 10.7 Å². The average Bonchev–Trinajstić information content (AvgIpc) is 2.78. The maximum Gasteiger partial charge on any atom is 0.288 e. The minimum atomic E-state index is -0.551. The number of benzene rings is 1. The Balaban J connectivity index is 1.98. The van der Waals surface area contributed by atoms with E-state index < -0.39 is 10.8 Å². The van der Waals surface area contributed by atoms with Crippen LogP contribution in [0.5, 0.6) is 0 Å². The van der Waals surface area contributed by atoms with Crippen LogP contribution in [0.1, 0.15) is 15.9 Å². The van der Waals surface area contributed by atoms with Crippen LogP contribution in [0.3, 0.4) is 0 Å². The van der Waals surface area contributed by atoms with Gasteiger partial charge in [0.2, 0.25) is 5.91 Å². The van der Waals surface area contributed by atoms with Crippen LogP contribution >= 0.6 is 11.8 Å². The number of hydrogen-bond acceptors (Lipinski definition) is 6. The molecule has 3 amide bonds. The van der Waals surface area contributed by atoms with Crippen LogP contribution in [0.2, 0.25) is 0 Å². The fraction of sp³-hybridized carbons (Fsp3) is 0.308. The van der Waals surface area contributed by atoms with Crippen molar-refractivity contribution >= 4 is 34.5 Å². The van der Waals surface area contributed by atoms with Gasteiger partial charge in [-0.05, 0) is 13.0 Å². The van der Waals surface area contributed by atoms with Gasteiger partial charge in [0, 0.05) is 30.3 Å². The summed E-state index contributed by atoms with van der Waals surface area (Å²) < 4.78 is 0. The summed E-state index contributed by atoms with van der Waals surface area (Å²) in [4.78, 5) is 46.2. The molecule has 1 heterocycles. The minimum Gasteiger partial charge on any atom is -0.350 e. The predicted molar refractivity (Wildman–Crippen MR) is 79.7 cm³/mol. The Morgan fingerprint density at radius 1 is 1.45 bits per heavy atom. The van der Waals surface area contributed by atoms with E-state index in [4.69, 9.17) is 0 Å². The first-order chi connectivity index (χ1) is 10.4. The Labute approximate surface area is 130 Å². The van der Waals surface area contributed by atoms with Crippen molar-refractivity contribution in [2.24, 2.45) is 0 Å². The number of thioether (sulfide) groups is 1. The van der Waals surface area contributed by atoms with E-state index in [2.05, 4.69) is 5.32 Å². The third kappa shape index (κ3) is 3.25. The molecule has 1 fully saturated rings. The van der Waals surface area contributed by atoms with Crippen LogP contribution in [0, 0.1) is 17.0 Å². The molecule has 0 aromatic heterocycles. The Kier molecular flexibility index (Phi) is 4.76. The number of rotatable bonds is 5. The van der Waals surface area contributed by atoms with Crippen LogP contribution in [0.25, 0.3) is 0 Å². The largest absolute Gasteiger partial charge is 0.350 e. The fourth-order valence-corrected chi connectivity index (χ4v) is 2.79. The molecule has 1 aliphatic heterocycles. The highest BCUT2D eigenvalue weighted by Gasteiger charge is 2.29. The Bertz CT molecular complexity index is 645. The lowest BCUT2D eigenvalue weighted by Crippen LogP contribution is -2.37. The van der Waals surface area contributed by atoms with Crippen molar-refractivity contribution in [3.63, 3.8) is 0 Å². The van der Waals surface area contributed by atoms with E-state index in [-0.39, 0.29) is 46.8 Å². The van der Waals surface area contributed by atoms with E-state index >= 15 is 0 Å². The molecule has 0 radical (unpaired) electrons. The number of nitro groups is 1. The summed E-state index contributed by atoms with van der Waals surface area (Å²) in [6, 6.07) is 4.24. The highest BCUT2D eigenvalue weighted by atomic mass is 32.2. The molecule has 2 rings (SSSR count). The number of carbonyl (C=O) groups is 3. The number of nitrogens with zero attached hydrogens (tertiary/aromatic N) is 2. The van der Waals surface area contributed by atoms with E-state index in [9.17, 15) is 24.5 Å². The first kappa shape index (κ1) is 16.0. The summed E-state index contributed by atoms with van der Waals surface area (Å²) in [6.07, 6.45) is 0. The smallest absolute Gasteiger partial charge is 0.288 e. The molecule has 1 aliphatic rings. The summed E-state index contributed by atoms with van der Waals surface area (Å²) in [5, 5.41) is 13.1. The summed E-state index contributed by atoms with van der Waals surface area (Å²) in [5.74, 6) is -0.639. The van der Waals surface area contributed by atoms with Crippen LogP contribution in [0.15, 0.2) is 18.2 Å². The number of imide groups is 1. The molecule has 1 saturated heterocycles. The zero-order valence-electron chi connectivity index (χ0n) is 11.7. The molecular weight excluding hydrogens is 310 g/mol. The second-order valence-electron chi connectivity index (χ2n) is 4.56. The Hall–Kier alpha value is -2.42. The first-order valence-corrected chi connectivity index (χ1v) is 7.39. The topological polar surface area (TPSA) is 110 Å². The number of hydrogen-bond donors (Lipinski definition) is 1. The molecular formula is C13H13N3O5S. The Morgan fingerprint density at radius 3 is 2.77 bits per heavy atom. The van der Waals surface area contributed by atoms with Gasteiger partial charge in [0.1, 0.15) is 0 Å². The zero-order valence-corrected chi connectivity index (χ0v) is 12.5. The number of nitro benzene ring substituents is 1. The van der Waals surface area contributed by atoms with Crippen LogP contribution in [-0.2, 0) is 4.79 Å². The van der Waals surface area contributed by atoms with Crippen molar-refractivity contribution in [3.05, 3.63) is 39.4 Å². The second-order valence-corrected chi connectivity index (χ2v) is 5.49. The maximum atomic E-state index is 12.0. The van der Waals surface area contributed by atoms with Gasteiger partial charge >= 0.3 is 0 Å². The monoisotopic (exact) mass is 323 g/mol. The molecule has 0 spiro atoms. The lowest BCUT2D eigenvalue weighted by molar-refractivity contribution is -0.385. The van der Waals surface area contributed by atoms with Crippen molar-refractivity contribution in [1.82, 2.24) is 10.2 Å². The molecule has 1 aromatic carbocycles. The van der Waals surface area contributed by atoms with Gasteiger partial charge in [-0.3, -0.25) is 29.4 Å². The molecule has 0 aliphatic carbocycles. The first-order valence-electron chi connectivity index (χ1n) is 6.41. The van der Waals surface area contributed by atoms with E-state index in [0.717, 1.165) is 16.7 Å². The highest BCUT2D eigenvalue weighted by Crippen LogP contribution is 2.21. The van der Waals surface area contributed by atoms with Crippen LogP contribution < -0.4 is 5.32 Å². The van der Waals surface area contributed by atoms with Gasteiger partial charge < -0.3 is 5.32 Å². The van der Waals surface area contributed by atoms with Crippen molar-refractivity contribution in [1.29, 1.82) is 0 Å². The molecule has 0 unspecified atom stereocenters. The molecule has 0 bridgehead atoms. The van der Waals surface area contributed by atoms with Gasteiger partial charge in [-0.1, -0.05) is 17.8 Å². The van der Waals surface area contributed by atoms with Gasteiger partial charge in [0.15, 0.2) is 0 Å². The van der Waals surface area contributed by atoms with E-state index in [1.807, 2.05) is 0 Å². The molecule has 0 saturated carbocycles. The van der Waals surface area contributed by atoms with Gasteiger partial charge in [0.25, 0.3) is 16.8 Å². The molecule has 0 atom stereocenters. The number of nitrogens with one attached hydrogen (secondary N) is 1. The highest BCUT2D eigenvalue weighted by molar-refractivity contribution is 8.14. The van der Waals surface area contributed by atoms with E-state index in [1.165, 1.54) is 25.1 Å². The van der Waals surface area contributed by atoms with Crippen LogP contribution in [-0.4, -0.2) is 45.7 Å². The molecule has 9 heteroatoms. The standard InChI is InChI=1S/C13H13N3O5S/c1-8-9(3-2-4-10(8)16(20)21)12(18)14-5-6-15-11(17)7-22-13(15)19/h2-4H,5-7H2,1H3,(H,14,18). The molecule has 1 aromatic rings. The van der Waals surface area contributed by atoms with Gasteiger partial charge in [-0.15, -0.1) is 0 Å². The molecule has 116 valence electrons. The SMILES string of the molecule is Cc1c(C(=O)NCCN2C(=O)CSC2=O)cccc1[N+](=O)[O-]. The van der Waals surface area contributed by atoms with Crippen LogP contribution in [0.4, 0.5) is 10.5 Å². The number of carbonyl (C=O) groups excluding carboxylic acids is 3. The second kappa shape index (κ2) is 6.56. The van der Waals surface area contributed by atoms with Crippen molar-refractivity contribution in [2.45, 2.75) is 6.92 Å². The maximum absolute atomic E-state index is 12.0. The van der Waals surface area contributed by atoms with Crippen molar-refractivity contribution < 1.29 is 19.3 Å². The van der Waals surface area contributed by atoms with E-state index in [1.54, 1.807) is 0 Å². The van der Waals surface area contributed by atoms with Gasteiger partial charge in [-0.25, -0.2) is 0 Å². The third-order valence-corrected chi connectivity index (χ3v) is 4.07. The fourth-order valence-electron chi connectivity index (χ4n) is 2.04. The summed E-state index contributed by atoms with van der Waals surface area (Å²) in [6.45, 7) is 1.68. The molecule has 1 N–H and O–H groups in total. The normalized spacial score (nSPS) is 14.3. The van der Waals surface area contributed by atoms with Crippen molar-refractivity contribution in [3.8, 4) is 0 Å². The van der Waals surface area contributed by atoms with Gasteiger partial charge in [-0.2, -0.15) is 0 Å². The number of amides is 3. The van der Waals surface area contributed by atoms with E-state index in [0.29, 0.717) is 0 Å². The predicted octanol–water partition coefficient (Wildman–Crippen LogP) is 1.33. The summed E-state index contributed by atoms with van der Waals surface area (Å²) in [7, 11) is 0. The lowest BCUT2D eigenvalue weighted by atomic mass is 10.1. The zero-order chi connectivity index (χ0) is 16.3. The van der Waals surface area contributed by atoms with Crippen molar-refractivity contribution in [2.75, 3.05) is 18.8 Å². The summed E-state index contributed by atoms with van der Waals surface area (Å²) >= 11 is 0.926.